The molecular weight excluding hydrogens is 274 g/mol. The molecule has 2 rings (SSSR count). The zero-order chi connectivity index (χ0) is 13.1. The molecule has 0 aliphatic carbocycles. The fourth-order valence-corrected chi connectivity index (χ4v) is 2.27. The second kappa shape index (κ2) is 5.32. The number of aromatic nitrogens is 2. The molecule has 2 heterocycles. The van der Waals surface area contributed by atoms with Gasteiger partial charge in [0.05, 0.1) is 17.7 Å². The van der Waals surface area contributed by atoms with Gasteiger partial charge in [0.25, 0.3) is 0 Å². The lowest BCUT2D eigenvalue weighted by molar-refractivity contribution is 0.0697. The summed E-state index contributed by atoms with van der Waals surface area (Å²) < 4.78 is 0. The van der Waals surface area contributed by atoms with Crippen LogP contribution in [0.3, 0.4) is 0 Å². The summed E-state index contributed by atoms with van der Waals surface area (Å²) in [6.07, 6.45) is 0. The van der Waals surface area contributed by atoms with Gasteiger partial charge in [-0.25, -0.2) is 14.8 Å². The van der Waals surface area contributed by atoms with Crippen LogP contribution in [-0.4, -0.2) is 21.0 Å². The Morgan fingerprint density at radius 2 is 2.33 bits per heavy atom. The summed E-state index contributed by atoms with van der Waals surface area (Å²) in [5.41, 5.74) is 2.77. The summed E-state index contributed by atoms with van der Waals surface area (Å²) in [5.74, 6) is -0.773. The van der Waals surface area contributed by atoms with E-state index in [1.54, 1.807) is 5.51 Å². The molecule has 0 atom stereocenters. The van der Waals surface area contributed by atoms with Crippen molar-refractivity contribution in [3.05, 3.63) is 38.9 Å². The molecule has 0 saturated carbocycles. The third-order valence-corrected chi connectivity index (χ3v) is 3.50. The van der Waals surface area contributed by atoms with E-state index in [0.29, 0.717) is 6.54 Å². The Kier molecular flexibility index (Phi) is 3.78. The molecule has 0 aliphatic rings. The topological polar surface area (TPSA) is 75.1 Å². The van der Waals surface area contributed by atoms with Crippen LogP contribution in [0.2, 0.25) is 5.15 Å². The number of thiazole rings is 1. The highest BCUT2D eigenvalue weighted by atomic mass is 35.5. The van der Waals surface area contributed by atoms with Crippen LogP contribution in [0.1, 0.15) is 20.9 Å². The van der Waals surface area contributed by atoms with Crippen LogP contribution < -0.4 is 5.32 Å². The van der Waals surface area contributed by atoms with Crippen molar-refractivity contribution in [2.75, 3.05) is 5.32 Å². The molecule has 0 spiro atoms. The van der Waals surface area contributed by atoms with Crippen LogP contribution in [0, 0.1) is 6.92 Å². The normalized spacial score (nSPS) is 10.3. The first kappa shape index (κ1) is 12.8. The quantitative estimate of drug-likeness (QED) is 0.844. The molecule has 0 radical (unpaired) electrons. The molecule has 0 saturated heterocycles. The van der Waals surface area contributed by atoms with Gasteiger partial charge in [-0.15, -0.1) is 11.3 Å². The number of anilines is 1. The Morgan fingerprint density at radius 3 is 2.94 bits per heavy atom. The number of nitrogens with one attached hydrogen (secondary N) is 1. The number of nitrogens with zero attached hydrogens (tertiary/aromatic N) is 2. The molecule has 7 heteroatoms. The van der Waals surface area contributed by atoms with Crippen LogP contribution in [-0.2, 0) is 6.54 Å². The van der Waals surface area contributed by atoms with Crippen LogP contribution in [0.5, 0.6) is 0 Å². The second-order valence-corrected chi connectivity index (χ2v) is 4.88. The number of rotatable bonds is 4. The Hall–Kier alpha value is -1.66. The smallest absolute Gasteiger partial charge is 0.339 e. The average Bonchev–Trinajstić information content (AvgIpc) is 2.72. The molecule has 2 aromatic rings. The Labute approximate surface area is 112 Å². The van der Waals surface area contributed by atoms with E-state index in [9.17, 15) is 4.79 Å². The van der Waals surface area contributed by atoms with Crippen LogP contribution in [0.4, 0.5) is 5.82 Å². The van der Waals surface area contributed by atoms with Gasteiger partial charge >= 0.3 is 5.97 Å². The number of hydrogen-bond acceptors (Lipinski definition) is 5. The van der Waals surface area contributed by atoms with Gasteiger partial charge in [0.2, 0.25) is 0 Å². The van der Waals surface area contributed by atoms with Crippen LogP contribution >= 0.6 is 22.9 Å². The minimum absolute atomic E-state index is 0.0987. The van der Waals surface area contributed by atoms with Gasteiger partial charge in [0.15, 0.2) is 0 Å². The first-order valence-corrected chi connectivity index (χ1v) is 6.36. The number of aromatic carboxylic acids is 1. The third-order valence-electron chi connectivity index (χ3n) is 2.35. The zero-order valence-electron chi connectivity index (χ0n) is 9.48. The molecule has 0 amide bonds. The Bertz CT molecular complexity index is 585. The number of carboxylic acids is 1. The third kappa shape index (κ3) is 2.77. The molecule has 0 aromatic carbocycles. The van der Waals surface area contributed by atoms with Gasteiger partial charge in [0, 0.05) is 4.88 Å². The zero-order valence-corrected chi connectivity index (χ0v) is 11.0. The lowest BCUT2D eigenvalue weighted by Crippen LogP contribution is -2.08. The molecule has 0 bridgehead atoms. The van der Waals surface area contributed by atoms with Gasteiger partial charge < -0.3 is 10.4 Å². The predicted molar refractivity (Wildman–Crippen MR) is 70.4 cm³/mol. The molecule has 0 fully saturated rings. The van der Waals surface area contributed by atoms with Crippen molar-refractivity contribution in [3.63, 3.8) is 0 Å². The molecule has 94 valence electrons. The van der Waals surface area contributed by atoms with Crippen molar-refractivity contribution in [1.82, 2.24) is 9.97 Å². The van der Waals surface area contributed by atoms with Crippen molar-refractivity contribution in [2.45, 2.75) is 13.5 Å². The maximum atomic E-state index is 11.0. The van der Waals surface area contributed by atoms with E-state index in [2.05, 4.69) is 15.3 Å². The summed E-state index contributed by atoms with van der Waals surface area (Å²) in [7, 11) is 0. The minimum Gasteiger partial charge on any atom is -0.478 e. The maximum Gasteiger partial charge on any atom is 0.339 e. The summed E-state index contributed by atoms with van der Waals surface area (Å²) in [5, 5.41) is 12.3. The molecule has 0 aliphatic heterocycles. The number of halogens is 1. The van der Waals surface area contributed by atoms with E-state index in [4.69, 9.17) is 16.7 Å². The lowest BCUT2D eigenvalue weighted by atomic mass is 10.2. The predicted octanol–water partition coefficient (Wildman–Crippen LogP) is 2.81. The highest BCUT2D eigenvalue weighted by Gasteiger charge is 2.12. The van der Waals surface area contributed by atoms with Gasteiger partial charge in [-0.1, -0.05) is 11.6 Å². The van der Waals surface area contributed by atoms with Gasteiger partial charge in [0.1, 0.15) is 16.5 Å². The summed E-state index contributed by atoms with van der Waals surface area (Å²) in [6, 6.07) is 2.88. The van der Waals surface area contributed by atoms with E-state index >= 15 is 0 Å². The summed E-state index contributed by atoms with van der Waals surface area (Å²) in [6.45, 7) is 2.38. The number of hydrogen-bond donors (Lipinski definition) is 2. The Morgan fingerprint density at radius 1 is 1.56 bits per heavy atom. The number of carbonyl (C=O) groups is 1. The molecular formula is C11H10ClN3O2S. The van der Waals surface area contributed by atoms with Gasteiger partial charge in [-0.05, 0) is 19.1 Å². The highest BCUT2D eigenvalue weighted by molar-refractivity contribution is 7.09. The van der Waals surface area contributed by atoms with E-state index < -0.39 is 5.97 Å². The number of carboxylic acid groups (broad SMARTS) is 1. The first-order valence-electron chi connectivity index (χ1n) is 5.10. The standard InChI is InChI=1S/C11H10ClN3O2S/c1-6-8(18-5-14-6)4-13-10-7(11(16)17)2-3-9(12)15-10/h2-3,5H,4H2,1H3,(H,13,15)(H,16,17). The molecule has 5 nitrogen and oxygen atoms in total. The second-order valence-electron chi connectivity index (χ2n) is 3.55. The molecule has 18 heavy (non-hydrogen) atoms. The lowest BCUT2D eigenvalue weighted by Gasteiger charge is -2.08. The van der Waals surface area contributed by atoms with Crippen molar-refractivity contribution < 1.29 is 9.90 Å². The maximum absolute atomic E-state index is 11.0. The van der Waals surface area contributed by atoms with Crippen LogP contribution in [0.15, 0.2) is 17.6 Å². The van der Waals surface area contributed by atoms with Crippen molar-refractivity contribution in [1.29, 1.82) is 0 Å². The number of aryl methyl sites for hydroxylation is 1. The van der Waals surface area contributed by atoms with Crippen LogP contribution in [0.25, 0.3) is 0 Å². The van der Waals surface area contributed by atoms with E-state index in [0.717, 1.165) is 10.6 Å². The van der Waals surface area contributed by atoms with Crippen molar-refractivity contribution in [2.24, 2.45) is 0 Å². The molecule has 0 unspecified atom stereocenters. The summed E-state index contributed by atoms with van der Waals surface area (Å²) in [4.78, 5) is 20.2. The first-order chi connectivity index (χ1) is 8.58. The Balaban J connectivity index is 2.20. The molecule has 2 N–H and O–H groups in total. The van der Waals surface area contributed by atoms with Gasteiger partial charge in [-0.2, -0.15) is 0 Å². The minimum atomic E-state index is -1.04. The van der Waals surface area contributed by atoms with E-state index in [1.165, 1.54) is 23.5 Å². The number of pyridine rings is 1. The summed E-state index contributed by atoms with van der Waals surface area (Å²) >= 11 is 7.27. The van der Waals surface area contributed by atoms with Gasteiger partial charge in [-0.3, -0.25) is 0 Å². The van der Waals surface area contributed by atoms with Crippen molar-refractivity contribution in [3.8, 4) is 0 Å². The SMILES string of the molecule is Cc1ncsc1CNc1nc(Cl)ccc1C(=O)O. The van der Waals surface area contributed by atoms with E-state index in [-0.39, 0.29) is 16.5 Å². The average molecular weight is 284 g/mol. The molecule has 2 aromatic heterocycles. The van der Waals surface area contributed by atoms with E-state index in [1.807, 2.05) is 6.92 Å². The monoisotopic (exact) mass is 283 g/mol. The fraction of sp³-hybridized carbons (Fsp3) is 0.182. The van der Waals surface area contributed by atoms with Crippen molar-refractivity contribution >= 4 is 34.7 Å². The largest absolute Gasteiger partial charge is 0.478 e. The highest BCUT2D eigenvalue weighted by Crippen LogP contribution is 2.19. The fourth-order valence-electron chi connectivity index (χ4n) is 1.40.